The number of benzene rings is 2. The molecule has 25 heavy (non-hydrogen) atoms. The van der Waals surface area contributed by atoms with Crippen molar-refractivity contribution in [3.63, 3.8) is 0 Å². The van der Waals surface area contributed by atoms with Crippen LogP contribution in [0.25, 0.3) is 22.6 Å². The highest BCUT2D eigenvalue weighted by Gasteiger charge is 2.17. The average Bonchev–Trinajstić information content (AvgIpc) is 3.07. The van der Waals surface area contributed by atoms with Gasteiger partial charge in [-0.25, -0.2) is 4.98 Å². The molecule has 0 aliphatic heterocycles. The Kier molecular flexibility index (Phi) is 4.30. The van der Waals surface area contributed by atoms with E-state index < -0.39 is 4.92 Å². The van der Waals surface area contributed by atoms with Gasteiger partial charge in [0.2, 0.25) is 0 Å². The van der Waals surface area contributed by atoms with E-state index in [9.17, 15) is 14.9 Å². The first-order valence-electron chi connectivity index (χ1n) is 7.50. The van der Waals surface area contributed by atoms with Crippen LogP contribution in [0.4, 0.5) is 5.69 Å². The van der Waals surface area contributed by atoms with E-state index >= 15 is 0 Å². The number of aromatic nitrogens is 2. The second kappa shape index (κ2) is 6.56. The SMILES string of the molecule is COc1cccc(-c2nc(-c3ccc([N+](=O)[O-])cc3)[nH]c2C(C)=O)c1. The molecule has 7 heteroatoms. The van der Waals surface area contributed by atoms with Crippen molar-refractivity contribution in [2.75, 3.05) is 7.11 Å². The fourth-order valence-corrected chi connectivity index (χ4v) is 2.49. The van der Waals surface area contributed by atoms with Gasteiger partial charge in [-0.2, -0.15) is 0 Å². The molecule has 0 amide bonds. The van der Waals surface area contributed by atoms with E-state index in [-0.39, 0.29) is 11.5 Å². The number of rotatable bonds is 5. The van der Waals surface area contributed by atoms with Crippen molar-refractivity contribution in [2.45, 2.75) is 6.92 Å². The van der Waals surface area contributed by atoms with Gasteiger partial charge in [0.1, 0.15) is 17.3 Å². The Labute approximate surface area is 143 Å². The minimum atomic E-state index is -0.464. The molecule has 0 aliphatic carbocycles. The number of ether oxygens (including phenoxy) is 1. The van der Waals surface area contributed by atoms with Crippen LogP contribution in [0.2, 0.25) is 0 Å². The summed E-state index contributed by atoms with van der Waals surface area (Å²) in [6.45, 7) is 1.46. The minimum Gasteiger partial charge on any atom is -0.497 e. The van der Waals surface area contributed by atoms with Gasteiger partial charge in [0.25, 0.3) is 5.69 Å². The lowest BCUT2D eigenvalue weighted by atomic mass is 10.1. The zero-order chi connectivity index (χ0) is 18.0. The van der Waals surface area contributed by atoms with Crippen molar-refractivity contribution in [2.24, 2.45) is 0 Å². The van der Waals surface area contributed by atoms with Crippen molar-refractivity contribution >= 4 is 11.5 Å². The van der Waals surface area contributed by atoms with E-state index in [1.165, 1.54) is 19.1 Å². The van der Waals surface area contributed by atoms with Crippen molar-refractivity contribution in [1.29, 1.82) is 0 Å². The molecule has 0 saturated heterocycles. The molecule has 1 heterocycles. The van der Waals surface area contributed by atoms with E-state index in [4.69, 9.17) is 4.74 Å². The number of carbonyl (C=O) groups excluding carboxylic acids is 1. The molecule has 3 aromatic rings. The van der Waals surface area contributed by atoms with E-state index in [0.29, 0.717) is 28.5 Å². The van der Waals surface area contributed by atoms with Crippen molar-refractivity contribution in [1.82, 2.24) is 9.97 Å². The third kappa shape index (κ3) is 3.25. The Balaban J connectivity index is 2.08. The van der Waals surface area contributed by atoms with Crippen LogP contribution in [0, 0.1) is 10.1 Å². The number of non-ortho nitro benzene ring substituents is 1. The highest BCUT2D eigenvalue weighted by atomic mass is 16.6. The van der Waals surface area contributed by atoms with E-state index in [1.54, 1.807) is 31.4 Å². The Morgan fingerprint density at radius 3 is 2.48 bits per heavy atom. The summed E-state index contributed by atoms with van der Waals surface area (Å²) in [5.74, 6) is 0.975. The molecule has 2 aromatic carbocycles. The summed E-state index contributed by atoms with van der Waals surface area (Å²) in [4.78, 5) is 29.8. The lowest BCUT2D eigenvalue weighted by molar-refractivity contribution is -0.384. The Morgan fingerprint density at radius 1 is 1.16 bits per heavy atom. The molecule has 0 fully saturated rings. The topological polar surface area (TPSA) is 98.1 Å². The van der Waals surface area contributed by atoms with Crippen molar-refractivity contribution < 1.29 is 14.5 Å². The summed E-state index contributed by atoms with van der Waals surface area (Å²) in [5.41, 5.74) is 2.28. The van der Waals surface area contributed by atoms with Crippen molar-refractivity contribution in [3.8, 4) is 28.4 Å². The van der Waals surface area contributed by atoms with Gasteiger partial charge in [0.05, 0.1) is 17.7 Å². The molecule has 1 aromatic heterocycles. The van der Waals surface area contributed by atoms with Crippen LogP contribution in [0.5, 0.6) is 5.75 Å². The van der Waals surface area contributed by atoms with Crippen LogP contribution in [0.15, 0.2) is 48.5 Å². The van der Waals surface area contributed by atoms with Gasteiger partial charge in [-0.15, -0.1) is 0 Å². The molecule has 0 spiro atoms. The van der Waals surface area contributed by atoms with Gasteiger partial charge in [-0.3, -0.25) is 14.9 Å². The maximum atomic E-state index is 12.0. The summed E-state index contributed by atoms with van der Waals surface area (Å²) in [7, 11) is 1.57. The summed E-state index contributed by atoms with van der Waals surface area (Å²) in [6.07, 6.45) is 0. The van der Waals surface area contributed by atoms with Crippen LogP contribution in [0.3, 0.4) is 0 Å². The molecule has 0 radical (unpaired) electrons. The van der Waals surface area contributed by atoms with Crippen LogP contribution in [-0.2, 0) is 0 Å². The maximum Gasteiger partial charge on any atom is 0.269 e. The number of nitrogens with zero attached hydrogens (tertiary/aromatic N) is 2. The number of nitro benzene ring substituents is 1. The molecular formula is C18H15N3O4. The quantitative estimate of drug-likeness (QED) is 0.433. The van der Waals surface area contributed by atoms with Crippen LogP contribution >= 0.6 is 0 Å². The molecule has 1 N–H and O–H groups in total. The number of nitro groups is 1. The maximum absolute atomic E-state index is 12.0. The standard InChI is InChI=1S/C18H15N3O4/c1-11(22)16-17(13-4-3-5-15(10-13)25-2)20-18(19-16)12-6-8-14(9-7-12)21(23)24/h3-10H,1-2H3,(H,19,20). The monoisotopic (exact) mass is 337 g/mol. The number of ketones is 1. The van der Waals surface area contributed by atoms with E-state index in [1.807, 2.05) is 12.1 Å². The Hall–Kier alpha value is -3.48. The van der Waals surface area contributed by atoms with Crippen LogP contribution < -0.4 is 4.74 Å². The van der Waals surface area contributed by atoms with Crippen LogP contribution in [0.1, 0.15) is 17.4 Å². The molecule has 0 unspecified atom stereocenters. The lowest BCUT2D eigenvalue weighted by Crippen LogP contribution is -1.95. The number of aromatic amines is 1. The fourth-order valence-electron chi connectivity index (χ4n) is 2.49. The highest BCUT2D eigenvalue weighted by Crippen LogP contribution is 2.29. The Bertz CT molecular complexity index is 945. The molecule has 3 rings (SSSR count). The number of hydrogen-bond acceptors (Lipinski definition) is 5. The molecule has 126 valence electrons. The molecule has 7 nitrogen and oxygen atoms in total. The normalized spacial score (nSPS) is 10.5. The van der Waals surface area contributed by atoms with Crippen molar-refractivity contribution in [3.05, 3.63) is 64.3 Å². The number of carbonyl (C=O) groups is 1. The van der Waals surface area contributed by atoms with Gasteiger partial charge in [0, 0.05) is 30.2 Å². The number of hydrogen-bond donors (Lipinski definition) is 1. The van der Waals surface area contributed by atoms with E-state index in [0.717, 1.165) is 5.56 Å². The highest BCUT2D eigenvalue weighted by molar-refractivity contribution is 5.99. The minimum absolute atomic E-state index is 0.00452. The van der Waals surface area contributed by atoms with Crippen LogP contribution in [-0.4, -0.2) is 27.8 Å². The predicted octanol–water partition coefficient (Wildman–Crippen LogP) is 3.86. The number of methoxy groups -OCH3 is 1. The molecule has 0 saturated carbocycles. The van der Waals surface area contributed by atoms with E-state index in [2.05, 4.69) is 9.97 Å². The Morgan fingerprint density at radius 2 is 1.88 bits per heavy atom. The zero-order valence-corrected chi connectivity index (χ0v) is 13.6. The van der Waals surface area contributed by atoms with Gasteiger partial charge in [-0.1, -0.05) is 12.1 Å². The van der Waals surface area contributed by atoms with Gasteiger partial charge >= 0.3 is 0 Å². The zero-order valence-electron chi connectivity index (χ0n) is 13.6. The third-order valence-corrected chi connectivity index (χ3v) is 3.75. The predicted molar refractivity (Wildman–Crippen MR) is 92.7 cm³/mol. The molecule has 0 aliphatic rings. The van der Waals surface area contributed by atoms with Gasteiger partial charge < -0.3 is 9.72 Å². The summed E-state index contributed by atoms with van der Waals surface area (Å²) >= 11 is 0. The number of nitrogens with one attached hydrogen (secondary N) is 1. The molecule has 0 atom stereocenters. The first-order chi connectivity index (χ1) is 12.0. The first-order valence-corrected chi connectivity index (χ1v) is 7.50. The van der Waals surface area contributed by atoms with Gasteiger partial charge in [0.15, 0.2) is 5.78 Å². The largest absolute Gasteiger partial charge is 0.497 e. The fraction of sp³-hybridized carbons (Fsp3) is 0.111. The second-order valence-electron chi connectivity index (χ2n) is 5.40. The van der Waals surface area contributed by atoms with Gasteiger partial charge in [-0.05, 0) is 24.3 Å². The summed E-state index contributed by atoms with van der Waals surface area (Å²) in [5, 5.41) is 10.8. The first kappa shape index (κ1) is 16.4. The average molecular weight is 337 g/mol. The molecular weight excluding hydrogens is 322 g/mol. The smallest absolute Gasteiger partial charge is 0.269 e. The third-order valence-electron chi connectivity index (χ3n) is 3.75. The molecule has 0 bridgehead atoms. The lowest BCUT2D eigenvalue weighted by Gasteiger charge is -2.03. The number of Topliss-reactive ketones (excluding diaryl/α,β-unsaturated/α-hetero) is 1. The summed E-state index contributed by atoms with van der Waals surface area (Å²) in [6, 6.07) is 13.2. The summed E-state index contributed by atoms with van der Waals surface area (Å²) < 4.78 is 5.22. The second-order valence-corrected chi connectivity index (χ2v) is 5.40. The number of imidazole rings is 1. The number of H-pyrrole nitrogens is 1.